The highest BCUT2D eigenvalue weighted by atomic mass is 35.5. The van der Waals surface area contributed by atoms with Gasteiger partial charge in [-0.15, -0.1) is 0 Å². The molecule has 2 atom stereocenters. The van der Waals surface area contributed by atoms with Crippen molar-refractivity contribution in [1.29, 1.82) is 0 Å². The Labute approximate surface area is 202 Å². The molecule has 176 valence electrons. The number of carboxylic acids is 1. The van der Waals surface area contributed by atoms with Gasteiger partial charge in [-0.3, -0.25) is 4.79 Å². The minimum Gasteiger partial charge on any atom is -0.480 e. The summed E-state index contributed by atoms with van der Waals surface area (Å²) < 4.78 is 5.25. The Morgan fingerprint density at radius 2 is 1.26 bits per heavy atom. The summed E-state index contributed by atoms with van der Waals surface area (Å²) in [6.07, 6.45) is -0.542. The lowest BCUT2D eigenvalue weighted by Crippen LogP contribution is -2.53. The van der Waals surface area contributed by atoms with Crippen LogP contribution >= 0.6 is 11.6 Å². The number of alkyl carbamates (subject to hydrolysis) is 1. The number of halogens is 1. The number of hydrogen-bond acceptors (Lipinski definition) is 4. The van der Waals surface area contributed by atoms with E-state index in [0.29, 0.717) is 10.6 Å². The van der Waals surface area contributed by atoms with Crippen LogP contribution in [0.25, 0.3) is 0 Å². The summed E-state index contributed by atoms with van der Waals surface area (Å²) in [5.74, 6) is -1.81. The predicted octanol–water partition coefficient (Wildman–Crippen LogP) is 3.99. The molecule has 0 spiro atoms. The molecule has 3 N–H and O–H groups in total. The summed E-state index contributed by atoms with van der Waals surface area (Å²) >= 11 is 5.89. The number of hydrogen-bond donors (Lipinski definition) is 3. The molecule has 0 saturated heterocycles. The molecule has 34 heavy (non-hydrogen) atoms. The molecular formula is C26H25ClN2O5. The maximum atomic E-state index is 13.1. The number of ether oxygens (including phenoxy) is 1. The lowest BCUT2D eigenvalue weighted by Gasteiger charge is -2.21. The third-order valence-corrected chi connectivity index (χ3v) is 5.32. The minimum atomic E-state index is -1.19. The largest absolute Gasteiger partial charge is 0.480 e. The van der Waals surface area contributed by atoms with Crippen molar-refractivity contribution in [3.63, 3.8) is 0 Å². The van der Waals surface area contributed by atoms with Gasteiger partial charge in [0.25, 0.3) is 0 Å². The third kappa shape index (κ3) is 7.94. The van der Waals surface area contributed by atoms with Gasteiger partial charge in [0, 0.05) is 17.9 Å². The molecule has 0 unspecified atom stereocenters. The molecule has 3 rings (SSSR count). The molecule has 3 aromatic rings. The minimum absolute atomic E-state index is 0.0423. The van der Waals surface area contributed by atoms with E-state index in [-0.39, 0.29) is 19.4 Å². The van der Waals surface area contributed by atoms with Crippen LogP contribution in [0.2, 0.25) is 5.02 Å². The number of nitrogens with one attached hydrogen (secondary N) is 2. The Balaban J connectivity index is 1.68. The standard InChI is InChI=1S/C26H25ClN2O5/c27-21-13-11-19(12-14-21)16-23(25(31)32)28-24(30)22(15-18-7-3-1-4-8-18)29-26(33)34-17-20-9-5-2-6-10-20/h1-14,22-23H,15-17H2,(H,28,30)(H,29,33)(H,31,32)/t22-,23+/m0/s1. The fourth-order valence-corrected chi connectivity index (χ4v) is 3.42. The Morgan fingerprint density at radius 1 is 0.735 bits per heavy atom. The summed E-state index contributed by atoms with van der Waals surface area (Å²) in [6, 6.07) is 22.7. The average molecular weight is 481 g/mol. The van der Waals surface area contributed by atoms with Crippen LogP contribution < -0.4 is 10.6 Å². The Bertz CT molecular complexity index is 1090. The van der Waals surface area contributed by atoms with E-state index in [1.165, 1.54) is 0 Å². The van der Waals surface area contributed by atoms with Crippen LogP contribution in [0.1, 0.15) is 16.7 Å². The zero-order chi connectivity index (χ0) is 24.3. The topological polar surface area (TPSA) is 105 Å². The fourth-order valence-electron chi connectivity index (χ4n) is 3.29. The zero-order valence-electron chi connectivity index (χ0n) is 18.3. The second-order valence-corrected chi connectivity index (χ2v) is 8.11. The van der Waals surface area contributed by atoms with Gasteiger partial charge < -0.3 is 20.5 Å². The van der Waals surface area contributed by atoms with E-state index < -0.39 is 30.1 Å². The molecule has 0 fully saturated rings. The van der Waals surface area contributed by atoms with Gasteiger partial charge in [0.2, 0.25) is 5.91 Å². The van der Waals surface area contributed by atoms with Gasteiger partial charge in [-0.05, 0) is 28.8 Å². The van der Waals surface area contributed by atoms with Crippen LogP contribution in [-0.2, 0) is 33.8 Å². The van der Waals surface area contributed by atoms with E-state index in [2.05, 4.69) is 10.6 Å². The smallest absolute Gasteiger partial charge is 0.408 e. The van der Waals surface area contributed by atoms with Crippen molar-refractivity contribution < 1.29 is 24.2 Å². The van der Waals surface area contributed by atoms with Gasteiger partial charge in [-0.2, -0.15) is 0 Å². The van der Waals surface area contributed by atoms with Gasteiger partial charge in [-0.1, -0.05) is 84.4 Å². The monoisotopic (exact) mass is 480 g/mol. The fraction of sp³-hybridized carbons (Fsp3) is 0.192. The van der Waals surface area contributed by atoms with Gasteiger partial charge in [0.15, 0.2) is 0 Å². The number of amides is 2. The second-order valence-electron chi connectivity index (χ2n) is 7.68. The van der Waals surface area contributed by atoms with E-state index in [1.54, 1.807) is 24.3 Å². The molecule has 0 bridgehead atoms. The quantitative estimate of drug-likeness (QED) is 0.407. The SMILES string of the molecule is O=C(N[C@@H](Cc1ccccc1)C(=O)N[C@H](Cc1ccc(Cl)cc1)C(=O)O)OCc1ccccc1. The van der Waals surface area contributed by atoms with Crippen LogP contribution in [0.5, 0.6) is 0 Å². The van der Waals surface area contributed by atoms with Gasteiger partial charge in [-0.25, -0.2) is 9.59 Å². The Kier molecular flexibility index (Phi) is 9.05. The molecule has 0 radical (unpaired) electrons. The first-order valence-corrected chi connectivity index (χ1v) is 11.1. The molecule has 0 aliphatic heterocycles. The van der Waals surface area contributed by atoms with Gasteiger partial charge in [0.1, 0.15) is 18.7 Å². The number of benzene rings is 3. The molecule has 0 aliphatic carbocycles. The first kappa shape index (κ1) is 24.8. The number of carboxylic acid groups (broad SMARTS) is 1. The van der Waals surface area contributed by atoms with E-state index in [4.69, 9.17) is 16.3 Å². The molecule has 0 aliphatic rings. The highest BCUT2D eigenvalue weighted by Crippen LogP contribution is 2.12. The van der Waals surface area contributed by atoms with Gasteiger partial charge >= 0.3 is 12.1 Å². The summed E-state index contributed by atoms with van der Waals surface area (Å²) in [6.45, 7) is 0.0423. The summed E-state index contributed by atoms with van der Waals surface area (Å²) in [4.78, 5) is 37.3. The molecule has 3 aromatic carbocycles. The second kappa shape index (κ2) is 12.4. The number of rotatable bonds is 10. The van der Waals surface area contributed by atoms with Gasteiger partial charge in [0.05, 0.1) is 0 Å². The maximum Gasteiger partial charge on any atom is 0.408 e. The average Bonchev–Trinajstić information content (AvgIpc) is 2.84. The Morgan fingerprint density at radius 3 is 1.85 bits per heavy atom. The van der Waals surface area contributed by atoms with Crippen molar-refractivity contribution >= 4 is 29.6 Å². The molecular weight excluding hydrogens is 456 g/mol. The van der Waals surface area contributed by atoms with Crippen LogP contribution in [0.3, 0.4) is 0 Å². The normalized spacial score (nSPS) is 12.3. The maximum absolute atomic E-state index is 13.1. The van der Waals surface area contributed by atoms with Crippen molar-refractivity contribution in [2.24, 2.45) is 0 Å². The molecule has 2 amide bonds. The van der Waals surface area contributed by atoms with E-state index in [0.717, 1.165) is 11.1 Å². The first-order valence-electron chi connectivity index (χ1n) is 10.7. The zero-order valence-corrected chi connectivity index (χ0v) is 19.1. The summed E-state index contributed by atoms with van der Waals surface area (Å²) in [5.41, 5.74) is 2.30. The predicted molar refractivity (Wildman–Crippen MR) is 128 cm³/mol. The van der Waals surface area contributed by atoms with Crippen LogP contribution in [0, 0.1) is 0 Å². The van der Waals surface area contributed by atoms with Crippen molar-refractivity contribution in [1.82, 2.24) is 10.6 Å². The highest BCUT2D eigenvalue weighted by Gasteiger charge is 2.27. The lowest BCUT2D eigenvalue weighted by molar-refractivity contribution is -0.142. The van der Waals surface area contributed by atoms with E-state index in [9.17, 15) is 19.5 Å². The molecule has 0 aromatic heterocycles. The van der Waals surface area contributed by atoms with Crippen molar-refractivity contribution in [3.8, 4) is 0 Å². The highest BCUT2D eigenvalue weighted by molar-refractivity contribution is 6.30. The molecule has 0 heterocycles. The number of carbonyl (C=O) groups is 3. The summed E-state index contributed by atoms with van der Waals surface area (Å²) in [5, 5.41) is 15.3. The molecule has 8 heteroatoms. The lowest BCUT2D eigenvalue weighted by atomic mass is 10.0. The van der Waals surface area contributed by atoms with Crippen molar-refractivity contribution in [2.75, 3.05) is 0 Å². The molecule has 0 saturated carbocycles. The van der Waals surface area contributed by atoms with Crippen molar-refractivity contribution in [2.45, 2.75) is 31.5 Å². The molecule has 7 nitrogen and oxygen atoms in total. The number of carbonyl (C=O) groups excluding carboxylic acids is 2. The summed E-state index contributed by atoms with van der Waals surface area (Å²) in [7, 11) is 0. The Hall–Kier alpha value is -3.84. The number of aliphatic carboxylic acids is 1. The third-order valence-electron chi connectivity index (χ3n) is 5.07. The van der Waals surface area contributed by atoms with E-state index >= 15 is 0 Å². The van der Waals surface area contributed by atoms with E-state index in [1.807, 2.05) is 60.7 Å². The van der Waals surface area contributed by atoms with Crippen LogP contribution in [0.4, 0.5) is 4.79 Å². The van der Waals surface area contributed by atoms with Crippen LogP contribution in [0.15, 0.2) is 84.9 Å². The van der Waals surface area contributed by atoms with Crippen LogP contribution in [-0.4, -0.2) is 35.2 Å². The first-order chi connectivity index (χ1) is 16.4. The van der Waals surface area contributed by atoms with Crippen molar-refractivity contribution in [3.05, 3.63) is 107 Å².